The molecule has 0 aliphatic heterocycles. The van der Waals surface area contributed by atoms with Crippen molar-refractivity contribution in [1.29, 1.82) is 0 Å². The number of rotatable bonds is 4. The van der Waals surface area contributed by atoms with Gasteiger partial charge in [-0.05, 0) is 20.0 Å². The summed E-state index contributed by atoms with van der Waals surface area (Å²) in [5, 5.41) is 0. The lowest BCUT2D eigenvalue weighted by Crippen LogP contribution is -1.73. The van der Waals surface area contributed by atoms with Gasteiger partial charge in [-0.15, -0.1) is 0 Å². The topological polar surface area (TPSA) is 0 Å². The highest BCUT2D eigenvalue weighted by molar-refractivity contribution is 8.11. The van der Waals surface area contributed by atoms with Gasteiger partial charge in [0.25, 0.3) is 0 Å². The Kier molecular flexibility index (Phi) is 7.04. The van der Waals surface area contributed by atoms with Crippen molar-refractivity contribution in [2.75, 3.05) is 12.6 Å². The van der Waals surface area contributed by atoms with E-state index in [2.05, 4.69) is 13.0 Å². The van der Waals surface area contributed by atoms with E-state index in [1.54, 1.807) is 0 Å². The van der Waals surface area contributed by atoms with Crippen molar-refractivity contribution in [2.45, 2.75) is 13.8 Å². The van der Waals surface area contributed by atoms with E-state index in [0.29, 0.717) is 8.27 Å². The zero-order valence-electron chi connectivity index (χ0n) is 5.87. The molecule has 0 heterocycles. The van der Waals surface area contributed by atoms with E-state index in [1.165, 1.54) is 5.57 Å². The molecule has 0 N–H and O–H groups in total. The Morgan fingerprint density at radius 3 is 2.67 bits per heavy atom. The zero-order chi connectivity index (χ0) is 7.11. The maximum atomic E-state index is 11.5. The Bertz CT molecular complexity index is 91.1. The van der Waals surface area contributed by atoms with Crippen LogP contribution in [0.15, 0.2) is 11.6 Å². The van der Waals surface area contributed by atoms with Crippen LogP contribution in [0, 0.1) is 0 Å². The van der Waals surface area contributed by atoms with Crippen molar-refractivity contribution in [3.63, 3.8) is 0 Å². The predicted molar refractivity (Wildman–Crippen MR) is 46.9 cm³/mol. The van der Waals surface area contributed by atoms with Gasteiger partial charge in [-0.2, -0.15) is 0 Å². The molecule has 0 aromatic heterocycles. The van der Waals surface area contributed by atoms with E-state index >= 15 is 0 Å². The van der Waals surface area contributed by atoms with Crippen LogP contribution in [0.1, 0.15) is 13.8 Å². The van der Waals surface area contributed by atoms with E-state index in [1.807, 2.05) is 6.92 Å². The normalized spacial score (nSPS) is 14.8. The molecule has 0 aliphatic rings. The second kappa shape index (κ2) is 6.65. The van der Waals surface area contributed by atoms with Gasteiger partial charge < -0.3 is 0 Å². The average molecular weight is 166 g/mol. The van der Waals surface area contributed by atoms with Crippen LogP contribution < -0.4 is 0 Å². The Hall–Kier alpha value is 0.530. The minimum Gasteiger partial charge on any atom is -0.246 e. The molecule has 0 rings (SSSR count). The fraction of sp³-hybridized carbons (Fsp3) is 0.667. The molecule has 0 aliphatic carbocycles. The summed E-state index contributed by atoms with van der Waals surface area (Å²) in [6.07, 6.45) is 3.06. The van der Waals surface area contributed by atoms with Gasteiger partial charge in [0, 0.05) is 0 Å². The summed E-state index contributed by atoms with van der Waals surface area (Å²) in [7, 11) is 1.33. The number of halogens is 1. The first-order valence-corrected chi connectivity index (χ1v) is 6.36. The molecule has 2 unspecified atom stereocenters. The van der Waals surface area contributed by atoms with Crippen LogP contribution in [0.3, 0.4) is 0 Å². The molecule has 3 heteroatoms. The second-order valence-electron chi connectivity index (χ2n) is 1.80. The number of allylic oxidation sites excluding steroid dienone is 2. The largest absolute Gasteiger partial charge is 0.246 e. The Morgan fingerprint density at radius 2 is 2.22 bits per heavy atom. The van der Waals surface area contributed by atoms with Gasteiger partial charge in [-0.1, -0.05) is 28.2 Å². The Morgan fingerprint density at radius 1 is 1.56 bits per heavy atom. The van der Waals surface area contributed by atoms with Gasteiger partial charge in [-0.25, -0.2) is 4.39 Å². The van der Waals surface area contributed by atoms with Gasteiger partial charge in [0.2, 0.25) is 0 Å². The molecule has 0 aromatic rings. The standard InChI is InChI=1S/C6H13FP2/c1-3-6(2)4-8-9-5-7/h3,8-9H,4-5H2,1-2H3/b6-3-. The summed E-state index contributed by atoms with van der Waals surface area (Å²) in [5.41, 5.74) is 1.38. The highest BCUT2D eigenvalue weighted by Crippen LogP contribution is 2.37. The Balaban J connectivity index is 3.07. The number of hydrogen-bond donors (Lipinski definition) is 0. The van der Waals surface area contributed by atoms with Crippen molar-refractivity contribution in [3.05, 3.63) is 11.6 Å². The average Bonchev–Trinajstić information content (AvgIpc) is 1.89. The number of hydrogen-bond acceptors (Lipinski definition) is 0. The molecular weight excluding hydrogens is 153 g/mol. The molecule has 0 bridgehead atoms. The van der Waals surface area contributed by atoms with Gasteiger partial charge >= 0.3 is 0 Å². The van der Waals surface area contributed by atoms with Crippen LogP contribution >= 0.6 is 16.5 Å². The van der Waals surface area contributed by atoms with Gasteiger partial charge in [0.15, 0.2) is 0 Å². The van der Waals surface area contributed by atoms with Crippen LogP contribution in [-0.4, -0.2) is 12.6 Å². The fourth-order valence-electron chi connectivity index (χ4n) is 0.351. The molecule has 0 saturated heterocycles. The van der Waals surface area contributed by atoms with E-state index in [-0.39, 0.29) is 6.42 Å². The summed E-state index contributed by atoms with van der Waals surface area (Å²) in [4.78, 5) is 0. The third-order valence-corrected chi connectivity index (χ3v) is 3.85. The summed E-state index contributed by atoms with van der Waals surface area (Å²) in [6, 6.07) is 0. The highest BCUT2D eigenvalue weighted by atomic mass is 32.0. The Labute approximate surface area is 59.8 Å². The van der Waals surface area contributed by atoms with E-state index in [9.17, 15) is 4.39 Å². The molecule has 54 valence electrons. The maximum Gasteiger partial charge on any atom is 0.109 e. The maximum absolute atomic E-state index is 11.5. The minimum absolute atomic E-state index is 0.130. The highest BCUT2D eigenvalue weighted by Gasteiger charge is 1.87. The van der Waals surface area contributed by atoms with Crippen LogP contribution in [0.4, 0.5) is 4.39 Å². The second-order valence-corrected chi connectivity index (χ2v) is 5.25. The molecule has 0 fully saturated rings. The van der Waals surface area contributed by atoms with Gasteiger partial charge in [0.1, 0.15) is 6.42 Å². The lowest BCUT2D eigenvalue weighted by molar-refractivity contribution is 0.605. The third-order valence-electron chi connectivity index (χ3n) is 1.05. The molecule has 0 amide bonds. The molecule has 0 radical (unpaired) electrons. The summed E-state index contributed by atoms with van der Waals surface area (Å²) >= 11 is 0. The molecule has 2 atom stereocenters. The van der Waals surface area contributed by atoms with Gasteiger partial charge in [0.05, 0.1) is 0 Å². The van der Waals surface area contributed by atoms with Crippen molar-refractivity contribution in [3.8, 4) is 0 Å². The van der Waals surface area contributed by atoms with Crippen LogP contribution in [-0.2, 0) is 0 Å². The van der Waals surface area contributed by atoms with E-state index < -0.39 is 0 Å². The van der Waals surface area contributed by atoms with E-state index in [4.69, 9.17) is 0 Å². The smallest absolute Gasteiger partial charge is 0.109 e. The number of alkyl halides is 1. The lowest BCUT2D eigenvalue weighted by Gasteiger charge is -1.96. The summed E-state index contributed by atoms with van der Waals surface area (Å²) in [6.45, 7) is 4.12. The zero-order valence-corrected chi connectivity index (χ0v) is 7.87. The van der Waals surface area contributed by atoms with Crippen LogP contribution in [0.25, 0.3) is 0 Å². The van der Waals surface area contributed by atoms with Gasteiger partial charge in [-0.3, -0.25) is 0 Å². The van der Waals surface area contributed by atoms with E-state index in [0.717, 1.165) is 14.4 Å². The first-order chi connectivity index (χ1) is 4.31. The molecule has 9 heavy (non-hydrogen) atoms. The van der Waals surface area contributed by atoms with Crippen LogP contribution in [0.2, 0.25) is 0 Å². The quantitative estimate of drug-likeness (QED) is 0.342. The van der Waals surface area contributed by atoms with Crippen LogP contribution in [0.5, 0.6) is 0 Å². The molecule has 0 spiro atoms. The monoisotopic (exact) mass is 166 g/mol. The predicted octanol–water partition coefficient (Wildman–Crippen LogP) is 3.15. The first kappa shape index (κ1) is 9.53. The first-order valence-electron chi connectivity index (χ1n) is 2.94. The molecule has 0 saturated carbocycles. The van der Waals surface area contributed by atoms with Crippen molar-refractivity contribution in [1.82, 2.24) is 0 Å². The molecule has 0 aromatic carbocycles. The lowest BCUT2D eigenvalue weighted by atomic mass is 10.3. The molecule has 0 nitrogen and oxygen atoms in total. The molecular formula is C6H13FP2. The fourth-order valence-corrected chi connectivity index (χ4v) is 2.55. The summed E-state index contributed by atoms with van der Waals surface area (Å²) in [5.74, 6) is 0. The summed E-state index contributed by atoms with van der Waals surface area (Å²) < 4.78 is 11.5. The third kappa shape index (κ3) is 6.41. The SMILES string of the molecule is C/C=C(/C)CPPCF. The minimum atomic E-state index is -0.130. The van der Waals surface area contributed by atoms with Crippen molar-refractivity contribution < 1.29 is 4.39 Å². The van der Waals surface area contributed by atoms with Crippen molar-refractivity contribution in [2.24, 2.45) is 0 Å². The van der Waals surface area contributed by atoms with Crippen molar-refractivity contribution >= 4 is 16.5 Å².